The molecule has 0 saturated heterocycles. The van der Waals surface area contributed by atoms with E-state index in [-0.39, 0.29) is 0 Å². The summed E-state index contributed by atoms with van der Waals surface area (Å²) in [5.74, 6) is 2.81. The second-order valence-corrected chi connectivity index (χ2v) is 6.11. The Bertz CT molecular complexity index is 396. The van der Waals surface area contributed by atoms with Gasteiger partial charge in [0.15, 0.2) is 5.82 Å². The molecule has 2 aliphatic carbocycles. The average Bonchev–Trinajstić information content (AvgIpc) is 3.01. The molecule has 0 aliphatic heterocycles. The lowest BCUT2D eigenvalue weighted by atomic mass is 9.99. The van der Waals surface area contributed by atoms with Gasteiger partial charge in [-0.1, -0.05) is 37.3 Å². The minimum absolute atomic E-state index is 0.428. The zero-order chi connectivity index (χ0) is 13.1. The lowest BCUT2D eigenvalue weighted by Gasteiger charge is -2.14. The summed E-state index contributed by atoms with van der Waals surface area (Å²) in [5.41, 5.74) is 0. The Morgan fingerprint density at radius 3 is 2.53 bits per heavy atom. The maximum absolute atomic E-state index is 5.57. The van der Waals surface area contributed by atoms with E-state index < -0.39 is 0 Å². The van der Waals surface area contributed by atoms with Crippen molar-refractivity contribution in [1.82, 2.24) is 15.5 Å². The van der Waals surface area contributed by atoms with Gasteiger partial charge in [0, 0.05) is 12.0 Å². The first kappa shape index (κ1) is 13.1. The minimum atomic E-state index is 0.428. The third kappa shape index (κ3) is 2.83. The van der Waals surface area contributed by atoms with Crippen molar-refractivity contribution >= 4 is 0 Å². The molecule has 2 unspecified atom stereocenters. The zero-order valence-corrected chi connectivity index (χ0v) is 11.9. The monoisotopic (exact) mass is 263 g/mol. The van der Waals surface area contributed by atoms with Crippen LogP contribution in [-0.2, 0) is 0 Å². The molecular weight excluding hydrogens is 238 g/mol. The highest BCUT2D eigenvalue weighted by molar-refractivity contribution is 5.05. The van der Waals surface area contributed by atoms with Crippen molar-refractivity contribution in [3.8, 4) is 0 Å². The Balaban J connectivity index is 1.71. The highest BCUT2D eigenvalue weighted by Gasteiger charge is 2.32. The van der Waals surface area contributed by atoms with Gasteiger partial charge in [-0.3, -0.25) is 0 Å². The second kappa shape index (κ2) is 6.04. The van der Waals surface area contributed by atoms with E-state index in [2.05, 4.69) is 10.5 Å². The van der Waals surface area contributed by atoms with E-state index in [4.69, 9.17) is 9.51 Å². The van der Waals surface area contributed by atoms with E-state index in [0.29, 0.717) is 17.9 Å². The van der Waals surface area contributed by atoms with Crippen molar-refractivity contribution in [3.05, 3.63) is 11.7 Å². The molecule has 2 aliphatic rings. The Morgan fingerprint density at radius 1 is 1.00 bits per heavy atom. The molecule has 1 aromatic rings. The predicted octanol–water partition coefficient (Wildman–Crippen LogP) is 3.36. The molecule has 0 aromatic carbocycles. The maximum atomic E-state index is 5.57. The van der Waals surface area contributed by atoms with Gasteiger partial charge in [0.1, 0.15) is 0 Å². The van der Waals surface area contributed by atoms with Crippen LogP contribution in [0.3, 0.4) is 0 Å². The van der Waals surface area contributed by atoms with Crippen molar-refractivity contribution < 1.29 is 4.52 Å². The summed E-state index contributed by atoms with van der Waals surface area (Å²) in [6, 6.07) is 0.516. The number of nitrogens with zero attached hydrogens (tertiary/aromatic N) is 2. The van der Waals surface area contributed by atoms with Crippen LogP contribution >= 0.6 is 0 Å². The Labute approximate surface area is 115 Å². The highest BCUT2D eigenvalue weighted by atomic mass is 16.5. The van der Waals surface area contributed by atoms with Gasteiger partial charge >= 0.3 is 0 Å². The third-order valence-corrected chi connectivity index (χ3v) is 4.88. The van der Waals surface area contributed by atoms with Gasteiger partial charge in [-0.15, -0.1) is 0 Å². The molecule has 1 N–H and O–H groups in total. The molecule has 1 heterocycles. The molecule has 1 aromatic heterocycles. The van der Waals surface area contributed by atoms with E-state index >= 15 is 0 Å². The molecule has 0 radical (unpaired) electrons. The van der Waals surface area contributed by atoms with Crippen LogP contribution in [0.25, 0.3) is 0 Å². The van der Waals surface area contributed by atoms with Crippen molar-refractivity contribution in [2.75, 3.05) is 7.05 Å². The van der Waals surface area contributed by atoms with Crippen LogP contribution in [0.2, 0.25) is 0 Å². The molecule has 0 bridgehead atoms. The van der Waals surface area contributed by atoms with Crippen LogP contribution in [0, 0.1) is 0 Å². The summed E-state index contributed by atoms with van der Waals surface area (Å²) < 4.78 is 5.57. The van der Waals surface area contributed by atoms with E-state index in [9.17, 15) is 0 Å². The van der Waals surface area contributed by atoms with E-state index in [1.807, 2.05) is 7.05 Å². The number of rotatable bonds is 3. The summed E-state index contributed by atoms with van der Waals surface area (Å²) in [4.78, 5) is 4.74. The normalized spacial score (nSPS) is 29.5. The Morgan fingerprint density at radius 2 is 1.79 bits per heavy atom. The fourth-order valence-electron chi connectivity index (χ4n) is 3.70. The van der Waals surface area contributed by atoms with Crippen molar-refractivity contribution in [1.29, 1.82) is 0 Å². The molecule has 2 fully saturated rings. The number of nitrogens with one attached hydrogen (secondary N) is 1. The number of hydrogen-bond acceptors (Lipinski definition) is 4. The van der Waals surface area contributed by atoms with Crippen molar-refractivity contribution in [2.45, 2.75) is 75.7 Å². The van der Waals surface area contributed by atoms with Crippen LogP contribution < -0.4 is 5.32 Å². The summed E-state index contributed by atoms with van der Waals surface area (Å²) >= 11 is 0. The Kier molecular flexibility index (Phi) is 4.16. The molecule has 0 amide bonds. The van der Waals surface area contributed by atoms with Gasteiger partial charge < -0.3 is 9.84 Å². The van der Waals surface area contributed by atoms with Crippen LogP contribution in [0.15, 0.2) is 4.52 Å². The first-order valence-electron chi connectivity index (χ1n) is 7.89. The minimum Gasteiger partial charge on any atom is -0.339 e. The maximum Gasteiger partial charge on any atom is 0.231 e. The van der Waals surface area contributed by atoms with Crippen LogP contribution in [0.5, 0.6) is 0 Å². The summed E-state index contributed by atoms with van der Waals surface area (Å²) in [6.45, 7) is 0. The third-order valence-electron chi connectivity index (χ3n) is 4.88. The van der Waals surface area contributed by atoms with Crippen LogP contribution in [-0.4, -0.2) is 23.2 Å². The SMILES string of the molecule is CNC1CCCC1c1nc(C2CCCCCC2)no1. The molecule has 2 atom stereocenters. The quantitative estimate of drug-likeness (QED) is 0.850. The Hall–Kier alpha value is -0.900. The summed E-state index contributed by atoms with van der Waals surface area (Å²) in [7, 11) is 2.03. The summed E-state index contributed by atoms with van der Waals surface area (Å²) in [6.07, 6.45) is 11.5. The fraction of sp³-hybridized carbons (Fsp3) is 0.867. The lowest BCUT2D eigenvalue weighted by Crippen LogP contribution is -2.27. The van der Waals surface area contributed by atoms with E-state index in [1.165, 1.54) is 57.8 Å². The average molecular weight is 263 g/mol. The largest absolute Gasteiger partial charge is 0.339 e. The van der Waals surface area contributed by atoms with Crippen molar-refractivity contribution in [3.63, 3.8) is 0 Å². The molecule has 4 nitrogen and oxygen atoms in total. The molecular formula is C15H25N3O. The van der Waals surface area contributed by atoms with Crippen LogP contribution in [0.4, 0.5) is 0 Å². The van der Waals surface area contributed by atoms with Gasteiger partial charge in [0.25, 0.3) is 0 Å². The van der Waals surface area contributed by atoms with E-state index in [0.717, 1.165) is 11.7 Å². The molecule has 4 heteroatoms. The molecule has 3 rings (SSSR count). The molecule has 106 valence electrons. The summed E-state index contributed by atoms with van der Waals surface area (Å²) in [5, 5.41) is 7.66. The molecule has 19 heavy (non-hydrogen) atoms. The first-order valence-corrected chi connectivity index (χ1v) is 7.89. The molecule has 0 spiro atoms. The van der Waals surface area contributed by atoms with Crippen molar-refractivity contribution in [2.24, 2.45) is 0 Å². The number of aromatic nitrogens is 2. The van der Waals surface area contributed by atoms with Gasteiger partial charge in [0.2, 0.25) is 5.89 Å². The number of likely N-dealkylation sites (N-methyl/N-ethyl adjacent to an activating group) is 1. The van der Waals surface area contributed by atoms with Gasteiger partial charge in [0.05, 0.1) is 5.92 Å². The molecule has 2 saturated carbocycles. The standard InChI is InChI=1S/C15H25N3O/c1-16-13-10-6-9-12(13)15-17-14(18-19-15)11-7-4-2-3-5-8-11/h11-13,16H,2-10H2,1H3. The predicted molar refractivity (Wildman–Crippen MR) is 74.2 cm³/mol. The van der Waals surface area contributed by atoms with Gasteiger partial charge in [-0.05, 0) is 32.7 Å². The lowest BCUT2D eigenvalue weighted by molar-refractivity contribution is 0.329. The van der Waals surface area contributed by atoms with Gasteiger partial charge in [-0.2, -0.15) is 4.98 Å². The highest BCUT2D eigenvalue weighted by Crippen LogP contribution is 2.35. The first-order chi connectivity index (χ1) is 9.38. The zero-order valence-electron chi connectivity index (χ0n) is 11.9. The van der Waals surface area contributed by atoms with E-state index in [1.54, 1.807) is 0 Å². The fourth-order valence-corrected chi connectivity index (χ4v) is 3.70. The topological polar surface area (TPSA) is 51.0 Å². The second-order valence-electron chi connectivity index (χ2n) is 6.11. The van der Waals surface area contributed by atoms with Gasteiger partial charge in [-0.25, -0.2) is 0 Å². The van der Waals surface area contributed by atoms with Crippen LogP contribution in [0.1, 0.15) is 81.3 Å². The smallest absolute Gasteiger partial charge is 0.231 e. The number of hydrogen-bond donors (Lipinski definition) is 1.